The van der Waals surface area contributed by atoms with Gasteiger partial charge in [-0.1, -0.05) is 13.0 Å². The summed E-state index contributed by atoms with van der Waals surface area (Å²) in [5.74, 6) is 1.79. The SMILES string of the molecule is CCCc1nc(NCCc2ccc3nc[nH]c3c2)c2sc3nc4c(cc3c2n1)COC(C)(C)C4. The first-order valence-corrected chi connectivity index (χ1v) is 12.7. The molecular formula is C26H28N6OS. The molecule has 0 aliphatic carbocycles. The van der Waals surface area contributed by atoms with E-state index < -0.39 is 0 Å². The Bertz CT molecular complexity index is 1520. The lowest BCUT2D eigenvalue weighted by molar-refractivity contribution is -0.0411. The van der Waals surface area contributed by atoms with Crippen LogP contribution in [0.3, 0.4) is 0 Å². The number of nitrogens with one attached hydrogen (secondary N) is 2. The standard InChI is InChI=1S/C26H28N6OS/c1-4-5-21-31-22-17-11-16-13-33-26(2,3)12-20(16)30-25(17)34-23(22)24(32-21)27-9-8-15-6-7-18-19(10-15)29-14-28-18/h6-7,10-11,14H,4-5,8-9,12-13H2,1-3H3,(H,28,29)(H,27,31,32). The number of aromatic nitrogens is 5. The van der Waals surface area contributed by atoms with Crippen LogP contribution in [0.1, 0.15) is 49.8 Å². The average Bonchev–Trinajstić information content (AvgIpc) is 3.41. The smallest absolute Gasteiger partial charge is 0.147 e. The number of nitrogens with zero attached hydrogens (tertiary/aromatic N) is 4. The highest BCUT2D eigenvalue weighted by atomic mass is 32.1. The number of aromatic amines is 1. The van der Waals surface area contributed by atoms with Gasteiger partial charge in [-0.2, -0.15) is 0 Å². The van der Waals surface area contributed by atoms with Crippen LogP contribution >= 0.6 is 11.3 Å². The molecule has 2 N–H and O–H groups in total. The quantitative estimate of drug-likeness (QED) is 0.336. The topological polar surface area (TPSA) is 88.6 Å². The van der Waals surface area contributed by atoms with Crippen molar-refractivity contribution in [2.75, 3.05) is 11.9 Å². The number of aryl methyl sites for hydroxylation is 1. The molecule has 1 aliphatic heterocycles. The number of ether oxygens (including phenoxy) is 1. The van der Waals surface area contributed by atoms with Gasteiger partial charge in [0.15, 0.2) is 0 Å². The van der Waals surface area contributed by atoms with Crippen molar-refractivity contribution in [1.29, 1.82) is 0 Å². The van der Waals surface area contributed by atoms with Gasteiger partial charge in [-0.05, 0) is 50.5 Å². The Kier molecular flexibility index (Phi) is 5.22. The third-order valence-electron chi connectivity index (χ3n) is 6.40. The lowest BCUT2D eigenvalue weighted by atomic mass is 9.95. The fourth-order valence-electron chi connectivity index (χ4n) is 4.62. The van der Waals surface area contributed by atoms with Gasteiger partial charge >= 0.3 is 0 Å². The zero-order valence-corrected chi connectivity index (χ0v) is 20.6. The van der Waals surface area contributed by atoms with Gasteiger partial charge < -0.3 is 15.0 Å². The lowest BCUT2D eigenvalue weighted by Crippen LogP contribution is -2.32. The van der Waals surface area contributed by atoms with Gasteiger partial charge in [0.2, 0.25) is 0 Å². The minimum absolute atomic E-state index is 0.176. The first-order chi connectivity index (χ1) is 16.5. The summed E-state index contributed by atoms with van der Waals surface area (Å²) >= 11 is 1.68. The van der Waals surface area contributed by atoms with Crippen molar-refractivity contribution in [3.05, 3.63) is 53.2 Å². The van der Waals surface area contributed by atoms with Crippen molar-refractivity contribution in [2.24, 2.45) is 0 Å². The van der Waals surface area contributed by atoms with Gasteiger partial charge in [0.05, 0.1) is 45.5 Å². The molecule has 5 heterocycles. The maximum absolute atomic E-state index is 6.04. The van der Waals surface area contributed by atoms with E-state index in [1.54, 1.807) is 17.7 Å². The van der Waals surface area contributed by atoms with E-state index in [9.17, 15) is 0 Å². The fraction of sp³-hybridized carbons (Fsp3) is 0.385. The van der Waals surface area contributed by atoms with Crippen molar-refractivity contribution in [3.8, 4) is 0 Å². The van der Waals surface area contributed by atoms with Gasteiger partial charge in [-0.3, -0.25) is 0 Å². The van der Waals surface area contributed by atoms with Crippen LogP contribution in [0.5, 0.6) is 0 Å². The van der Waals surface area contributed by atoms with Crippen LogP contribution < -0.4 is 5.32 Å². The number of imidazole rings is 1. The molecule has 6 rings (SSSR count). The van der Waals surface area contributed by atoms with Crippen molar-refractivity contribution in [3.63, 3.8) is 0 Å². The molecular weight excluding hydrogens is 444 g/mol. The number of H-pyrrole nitrogens is 1. The van der Waals surface area contributed by atoms with Crippen LogP contribution in [0.15, 0.2) is 30.6 Å². The maximum Gasteiger partial charge on any atom is 0.147 e. The van der Waals surface area contributed by atoms with E-state index >= 15 is 0 Å². The van der Waals surface area contributed by atoms with E-state index in [2.05, 4.69) is 60.3 Å². The molecule has 0 bridgehead atoms. The van der Waals surface area contributed by atoms with E-state index in [-0.39, 0.29) is 5.60 Å². The number of hydrogen-bond acceptors (Lipinski definition) is 7. The first-order valence-electron chi connectivity index (χ1n) is 11.9. The van der Waals surface area contributed by atoms with Gasteiger partial charge in [-0.25, -0.2) is 19.9 Å². The molecule has 1 aliphatic rings. The van der Waals surface area contributed by atoms with Crippen molar-refractivity contribution in [1.82, 2.24) is 24.9 Å². The summed E-state index contributed by atoms with van der Waals surface area (Å²) < 4.78 is 7.12. The number of fused-ring (bicyclic) bond motifs is 5. The second-order valence-electron chi connectivity index (χ2n) is 9.62. The Balaban J connectivity index is 1.35. The molecule has 0 unspecified atom stereocenters. The van der Waals surface area contributed by atoms with Crippen LogP contribution in [0.25, 0.3) is 31.5 Å². The van der Waals surface area contributed by atoms with Crippen molar-refractivity contribution in [2.45, 2.75) is 58.7 Å². The normalized spacial score (nSPS) is 15.3. The summed E-state index contributed by atoms with van der Waals surface area (Å²) in [6.45, 7) is 7.80. The van der Waals surface area contributed by atoms with Crippen LogP contribution in [-0.2, 0) is 30.6 Å². The van der Waals surface area contributed by atoms with Crippen LogP contribution in [0.4, 0.5) is 5.82 Å². The summed E-state index contributed by atoms with van der Waals surface area (Å²) in [5, 5.41) is 4.71. The van der Waals surface area contributed by atoms with E-state index in [1.807, 2.05) is 0 Å². The van der Waals surface area contributed by atoms with Gasteiger partial charge in [0, 0.05) is 30.3 Å². The molecule has 0 saturated heterocycles. The zero-order chi connectivity index (χ0) is 23.3. The van der Waals surface area contributed by atoms with Crippen LogP contribution in [-0.4, -0.2) is 37.1 Å². The minimum Gasteiger partial charge on any atom is -0.370 e. The highest BCUT2D eigenvalue weighted by Crippen LogP contribution is 2.38. The second kappa shape index (κ2) is 8.29. The fourth-order valence-corrected chi connectivity index (χ4v) is 5.70. The predicted molar refractivity (Wildman–Crippen MR) is 138 cm³/mol. The Hall–Kier alpha value is -3.10. The number of hydrogen-bond donors (Lipinski definition) is 2. The molecule has 0 fully saturated rings. The molecule has 8 heteroatoms. The number of benzene rings is 1. The summed E-state index contributed by atoms with van der Waals surface area (Å²) in [6.07, 6.45) is 5.32. The molecule has 34 heavy (non-hydrogen) atoms. The summed E-state index contributed by atoms with van der Waals surface area (Å²) in [4.78, 5) is 23.4. The van der Waals surface area contributed by atoms with Crippen LogP contribution in [0.2, 0.25) is 0 Å². The number of pyridine rings is 1. The van der Waals surface area contributed by atoms with Crippen molar-refractivity contribution < 1.29 is 4.74 Å². The molecule has 7 nitrogen and oxygen atoms in total. The molecule has 0 amide bonds. The molecule has 5 aromatic rings. The van der Waals surface area contributed by atoms with E-state index in [0.29, 0.717) is 6.61 Å². The zero-order valence-electron chi connectivity index (χ0n) is 19.7. The van der Waals surface area contributed by atoms with E-state index in [1.165, 1.54) is 11.1 Å². The highest BCUT2D eigenvalue weighted by Gasteiger charge is 2.28. The summed E-state index contributed by atoms with van der Waals surface area (Å²) in [6, 6.07) is 8.60. The van der Waals surface area contributed by atoms with Gasteiger partial charge in [0.25, 0.3) is 0 Å². The Morgan fingerprint density at radius 2 is 2.06 bits per heavy atom. The van der Waals surface area contributed by atoms with Crippen molar-refractivity contribution >= 4 is 48.6 Å². The number of anilines is 1. The first kappa shape index (κ1) is 21.4. The highest BCUT2D eigenvalue weighted by molar-refractivity contribution is 7.25. The third-order valence-corrected chi connectivity index (χ3v) is 7.49. The number of thiophene rings is 1. The Labute approximate surface area is 202 Å². The molecule has 4 aromatic heterocycles. The monoisotopic (exact) mass is 472 g/mol. The largest absolute Gasteiger partial charge is 0.370 e. The van der Waals surface area contributed by atoms with Crippen LogP contribution in [0, 0.1) is 0 Å². The molecule has 0 atom stereocenters. The Morgan fingerprint density at radius 1 is 1.15 bits per heavy atom. The molecule has 0 saturated carbocycles. The maximum atomic E-state index is 6.04. The lowest BCUT2D eigenvalue weighted by Gasteiger charge is -2.30. The Morgan fingerprint density at radius 3 is 2.94 bits per heavy atom. The van der Waals surface area contributed by atoms with E-state index in [4.69, 9.17) is 19.7 Å². The molecule has 0 spiro atoms. The average molecular weight is 473 g/mol. The number of rotatable bonds is 6. The second-order valence-corrected chi connectivity index (χ2v) is 10.6. The minimum atomic E-state index is -0.176. The summed E-state index contributed by atoms with van der Waals surface area (Å²) in [7, 11) is 0. The van der Waals surface area contributed by atoms with E-state index in [0.717, 1.165) is 81.0 Å². The molecule has 1 aromatic carbocycles. The molecule has 0 radical (unpaired) electrons. The predicted octanol–water partition coefficient (Wildman–Crippen LogP) is 5.57. The van der Waals surface area contributed by atoms with Gasteiger partial charge in [-0.15, -0.1) is 11.3 Å². The van der Waals surface area contributed by atoms with Gasteiger partial charge in [0.1, 0.15) is 16.5 Å². The third kappa shape index (κ3) is 3.91. The summed E-state index contributed by atoms with van der Waals surface area (Å²) in [5.41, 5.74) is 6.46. The molecule has 174 valence electrons.